The molecule has 1 N–H and O–H groups in total. The summed E-state index contributed by atoms with van der Waals surface area (Å²) in [6.07, 6.45) is 0.843. The number of carbonyl (C=O) groups is 1. The number of halogens is 3. The Bertz CT molecular complexity index is 386. The Morgan fingerprint density at radius 3 is 2.53 bits per heavy atom. The zero-order chi connectivity index (χ0) is 12.9. The lowest BCUT2D eigenvalue weighted by Crippen LogP contribution is -2.51. The second kappa shape index (κ2) is 6.76. The van der Waals surface area contributed by atoms with Crippen molar-refractivity contribution in [2.75, 3.05) is 10.7 Å². The lowest BCUT2D eigenvalue weighted by Gasteiger charge is -2.30. The van der Waals surface area contributed by atoms with Gasteiger partial charge in [0.2, 0.25) is 0 Å². The molecule has 5 heteroatoms. The fraction of sp³-hybridized carbons (Fsp3) is 0.417. The molecule has 0 aromatic heterocycles. The van der Waals surface area contributed by atoms with Crippen LogP contribution in [0.4, 0.5) is 0 Å². The zero-order valence-corrected chi connectivity index (χ0v) is 13.4. The molecule has 0 saturated carbocycles. The summed E-state index contributed by atoms with van der Waals surface area (Å²) in [5, 5.41) is 5.00. The lowest BCUT2D eigenvalue weighted by atomic mass is 10.0. The van der Waals surface area contributed by atoms with E-state index >= 15 is 0 Å². The number of amides is 1. The second-order valence-electron chi connectivity index (χ2n) is 3.87. The summed E-state index contributed by atoms with van der Waals surface area (Å²) in [5.74, 6) is -0.103. The monoisotopic (exact) mass is 381 g/mol. The maximum atomic E-state index is 12.1. The van der Waals surface area contributed by atoms with Crippen LogP contribution >= 0.6 is 43.5 Å². The van der Waals surface area contributed by atoms with Crippen LogP contribution in [0.25, 0.3) is 0 Å². The summed E-state index contributed by atoms with van der Waals surface area (Å²) >= 11 is 12.7. The molecular weight excluding hydrogens is 369 g/mol. The molecule has 0 heterocycles. The molecule has 94 valence electrons. The van der Waals surface area contributed by atoms with Gasteiger partial charge in [-0.05, 0) is 24.6 Å². The van der Waals surface area contributed by atoms with Crippen molar-refractivity contribution in [1.29, 1.82) is 0 Å². The average molecular weight is 384 g/mol. The van der Waals surface area contributed by atoms with Gasteiger partial charge >= 0.3 is 0 Å². The van der Waals surface area contributed by atoms with Crippen molar-refractivity contribution >= 4 is 49.4 Å². The Morgan fingerprint density at radius 1 is 1.41 bits per heavy atom. The van der Waals surface area contributed by atoms with E-state index in [9.17, 15) is 4.79 Å². The molecule has 0 atom stereocenters. The number of rotatable bonds is 5. The van der Waals surface area contributed by atoms with Gasteiger partial charge in [0, 0.05) is 21.2 Å². The largest absolute Gasteiger partial charge is 0.345 e. The minimum Gasteiger partial charge on any atom is -0.345 e. The van der Waals surface area contributed by atoms with Gasteiger partial charge in [0.05, 0.1) is 5.54 Å². The van der Waals surface area contributed by atoms with Crippen LogP contribution in [0.3, 0.4) is 0 Å². The SMILES string of the molecule is CCC(CBr)(CBr)NC(=O)c1cccc(Cl)c1. The van der Waals surface area contributed by atoms with E-state index in [4.69, 9.17) is 11.6 Å². The minimum absolute atomic E-state index is 0.103. The molecule has 0 radical (unpaired) electrons. The average Bonchev–Trinajstić information content (AvgIpc) is 2.36. The molecule has 1 rings (SSSR count). The molecular formula is C12H14Br2ClNO. The molecule has 1 amide bonds. The Morgan fingerprint density at radius 2 is 2.06 bits per heavy atom. The van der Waals surface area contributed by atoms with Gasteiger partial charge in [0.15, 0.2) is 0 Å². The van der Waals surface area contributed by atoms with Crippen molar-refractivity contribution in [3.63, 3.8) is 0 Å². The van der Waals surface area contributed by atoms with Crippen molar-refractivity contribution in [3.05, 3.63) is 34.9 Å². The minimum atomic E-state index is -0.264. The molecule has 0 aliphatic heterocycles. The maximum Gasteiger partial charge on any atom is 0.251 e. The second-order valence-corrected chi connectivity index (χ2v) is 5.42. The van der Waals surface area contributed by atoms with Gasteiger partial charge in [0.25, 0.3) is 5.91 Å². The van der Waals surface area contributed by atoms with Crippen LogP contribution in [0.2, 0.25) is 5.02 Å². The molecule has 0 spiro atoms. The van der Waals surface area contributed by atoms with Crippen molar-refractivity contribution in [2.45, 2.75) is 18.9 Å². The van der Waals surface area contributed by atoms with Crippen LogP contribution in [-0.2, 0) is 0 Å². The normalized spacial score (nSPS) is 11.3. The van der Waals surface area contributed by atoms with Crippen LogP contribution in [0.1, 0.15) is 23.7 Å². The molecule has 0 saturated heterocycles. The standard InChI is InChI=1S/C12H14Br2ClNO/c1-2-12(7-13,8-14)16-11(17)9-4-3-5-10(15)6-9/h3-6H,2,7-8H2,1H3,(H,16,17). The number of hydrogen-bond donors (Lipinski definition) is 1. The molecule has 2 nitrogen and oxygen atoms in total. The number of alkyl halides is 2. The highest BCUT2D eigenvalue weighted by Gasteiger charge is 2.27. The molecule has 0 unspecified atom stereocenters. The number of hydrogen-bond acceptors (Lipinski definition) is 1. The number of benzene rings is 1. The van der Waals surface area contributed by atoms with E-state index in [2.05, 4.69) is 37.2 Å². The molecule has 0 aliphatic carbocycles. The molecule has 1 aromatic carbocycles. The third-order valence-electron chi connectivity index (χ3n) is 2.65. The van der Waals surface area contributed by atoms with Gasteiger partial charge in [0.1, 0.15) is 0 Å². The molecule has 0 fully saturated rings. The van der Waals surface area contributed by atoms with Crippen molar-refractivity contribution in [2.24, 2.45) is 0 Å². The first kappa shape index (κ1) is 15.0. The van der Waals surface area contributed by atoms with Gasteiger partial charge in [-0.25, -0.2) is 0 Å². The van der Waals surface area contributed by atoms with E-state index in [-0.39, 0.29) is 11.4 Å². The van der Waals surface area contributed by atoms with E-state index in [1.807, 2.05) is 6.92 Å². The summed E-state index contributed by atoms with van der Waals surface area (Å²) < 4.78 is 0. The van der Waals surface area contributed by atoms with Crippen LogP contribution in [0, 0.1) is 0 Å². The number of nitrogens with one attached hydrogen (secondary N) is 1. The number of carbonyl (C=O) groups excluding carboxylic acids is 1. The van der Waals surface area contributed by atoms with Crippen molar-refractivity contribution < 1.29 is 4.79 Å². The van der Waals surface area contributed by atoms with E-state index < -0.39 is 0 Å². The highest BCUT2D eigenvalue weighted by Crippen LogP contribution is 2.18. The zero-order valence-electron chi connectivity index (χ0n) is 9.47. The summed E-state index contributed by atoms with van der Waals surface area (Å²) in [6.45, 7) is 2.04. The van der Waals surface area contributed by atoms with Crippen LogP contribution in [0.15, 0.2) is 24.3 Å². The van der Waals surface area contributed by atoms with Gasteiger partial charge in [-0.1, -0.05) is 56.5 Å². The summed E-state index contributed by atoms with van der Waals surface area (Å²) in [5.41, 5.74) is 0.316. The topological polar surface area (TPSA) is 29.1 Å². The summed E-state index contributed by atoms with van der Waals surface area (Å²) in [6, 6.07) is 6.94. The van der Waals surface area contributed by atoms with E-state index in [0.29, 0.717) is 21.2 Å². The smallest absolute Gasteiger partial charge is 0.251 e. The van der Waals surface area contributed by atoms with Gasteiger partial charge in [-0.3, -0.25) is 4.79 Å². The van der Waals surface area contributed by atoms with Crippen molar-refractivity contribution in [3.8, 4) is 0 Å². The predicted molar refractivity (Wildman–Crippen MR) is 79.5 cm³/mol. The third kappa shape index (κ3) is 3.97. The summed E-state index contributed by atoms with van der Waals surface area (Å²) in [4.78, 5) is 12.1. The first-order chi connectivity index (χ1) is 8.06. The Labute approximate surface area is 123 Å². The van der Waals surface area contributed by atoms with Gasteiger partial charge in [-0.2, -0.15) is 0 Å². The van der Waals surface area contributed by atoms with Crippen LogP contribution in [-0.4, -0.2) is 22.1 Å². The summed E-state index contributed by atoms with van der Waals surface area (Å²) in [7, 11) is 0. The van der Waals surface area contributed by atoms with Crippen molar-refractivity contribution in [1.82, 2.24) is 5.32 Å². The van der Waals surface area contributed by atoms with E-state index in [1.54, 1.807) is 24.3 Å². The third-order valence-corrected chi connectivity index (χ3v) is 5.04. The highest BCUT2D eigenvalue weighted by atomic mass is 79.9. The highest BCUT2D eigenvalue weighted by molar-refractivity contribution is 9.09. The van der Waals surface area contributed by atoms with Crippen LogP contribution < -0.4 is 5.32 Å². The Balaban J connectivity index is 2.84. The fourth-order valence-electron chi connectivity index (χ4n) is 1.32. The van der Waals surface area contributed by atoms with E-state index in [0.717, 1.165) is 6.42 Å². The van der Waals surface area contributed by atoms with E-state index in [1.165, 1.54) is 0 Å². The van der Waals surface area contributed by atoms with Gasteiger partial charge in [-0.15, -0.1) is 0 Å². The first-order valence-corrected chi connectivity index (χ1v) is 7.89. The molecule has 0 aliphatic rings. The quantitative estimate of drug-likeness (QED) is 0.765. The fourth-order valence-corrected chi connectivity index (χ4v) is 3.51. The van der Waals surface area contributed by atoms with Gasteiger partial charge < -0.3 is 5.32 Å². The Kier molecular flexibility index (Phi) is 5.97. The molecule has 0 bridgehead atoms. The lowest BCUT2D eigenvalue weighted by molar-refractivity contribution is 0.0915. The Hall–Kier alpha value is -0.0600. The maximum absolute atomic E-state index is 12.1. The molecule has 17 heavy (non-hydrogen) atoms. The first-order valence-electron chi connectivity index (χ1n) is 5.27. The predicted octanol–water partition coefficient (Wildman–Crippen LogP) is 4.01. The molecule has 1 aromatic rings. The van der Waals surface area contributed by atoms with Crippen LogP contribution in [0.5, 0.6) is 0 Å².